The van der Waals surface area contributed by atoms with Crippen molar-refractivity contribution in [3.63, 3.8) is 0 Å². The van der Waals surface area contributed by atoms with Gasteiger partial charge in [0.2, 0.25) is 0 Å². The third kappa shape index (κ3) is 4.89. The topological polar surface area (TPSA) is 67.2 Å². The first-order valence-corrected chi connectivity index (χ1v) is 8.20. The number of rotatable bonds is 8. The quantitative estimate of drug-likeness (QED) is 0.780. The lowest BCUT2D eigenvalue weighted by atomic mass is 9.94. The Labute approximate surface area is 141 Å². The summed E-state index contributed by atoms with van der Waals surface area (Å²) in [6, 6.07) is 6.04. The Bertz CT molecular complexity index is 656. The molecule has 0 fully saturated rings. The zero-order valence-corrected chi connectivity index (χ0v) is 14.1. The number of aliphatic hydroxyl groups excluding tert-OH is 1. The van der Waals surface area contributed by atoms with E-state index in [1.807, 2.05) is 0 Å². The first kappa shape index (κ1) is 18.1. The van der Waals surface area contributed by atoms with Gasteiger partial charge >= 0.3 is 0 Å². The predicted octanol–water partition coefficient (Wildman–Crippen LogP) is 2.79. The van der Waals surface area contributed by atoms with Gasteiger partial charge in [-0.1, -0.05) is 13.8 Å². The molecule has 24 heavy (non-hydrogen) atoms. The van der Waals surface area contributed by atoms with Gasteiger partial charge in [0.1, 0.15) is 11.5 Å². The molecule has 0 aliphatic rings. The van der Waals surface area contributed by atoms with Crippen LogP contribution in [0.2, 0.25) is 0 Å². The van der Waals surface area contributed by atoms with Crippen molar-refractivity contribution in [1.29, 1.82) is 0 Å². The molecule has 1 amide bonds. The molecule has 0 saturated heterocycles. The summed E-state index contributed by atoms with van der Waals surface area (Å²) in [5.41, 5.74) is 0.574. The summed E-state index contributed by atoms with van der Waals surface area (Å²) < 4.78 is 15.6. The molecular formula is C18H24FN3O2. The molecule has 2 N–H and O–H groups in total. The lowest BCUT2D eigenvalue weighted by molar-refractivity contribution is 0.0941. The number of halogens is 1. The molecule has 6 heteroatoms. The second-order valence-electron chi connectivity index (χ2n) is 6.33. The molecule has 1 atom stereocenters. The fourth-order valence-electron chi connectivity index (χ4n) is 2.74. The van der Waals surface area contributed by atoms with Crippen molar-refractivity contribution in [3.05, 3.63) is 48.0 Å². The molecule has 1 aromatic carbocycles. The minimum atomic E-state index is -0.500. The van der Waals surface area contributed by atoms with Gasteiger partial charge in [-0.15, -0.1) is 0 Å². The highest BCUT2D eigenvalue weighted by molar-refractivity contribution is 5.94. The summed E-state index contributed by atoms with van der Waals surface area (Å²) in [5, 5.41) is 15.9. The molecule has 0 bridgehead atoms. The minimum Gasteiger partial charge on any atom is -0.396 e. The number of hydrogen-bond acceptors (Lipinski definition) is 3. The summed E-state index contributed by atoms with van der Waals surface area (Å²) in [5.74, 6) is -0.107. The standard InChI is InChI=1S/C18H24FN3O2/c1-13(2)10-14(6-9-23)12-20-18(24)15-4-5-17(16(19)11-15)22-8-3-7-21-22/h3-5,7-8,11,13-14,23H,6,9-10,12H2,1-2H3,(H,20,24). The number of amides is 1. The first-order chi connectivity index (χ1) is 11.5. The monoisotopic (exact) mass is 333 g/mol. The van der Waals surface area contributed by atoms with Crippen LogP contribution < -0.4 is 5.32 Å². The highest BCUT2D eigenvalue weighted by atomic mass is 19.1. The van der Waals surface area contributed by atoms with Crippen molar-refractivity contribution in [3.8, 4) is 5.69 Å². The molecule has 130 valence electrons. The van der Waals surface area contributed by atoms with Crippen molar-refractivity contribution in [1.82, 2.24) is 15.1 Å². The predicted molar refractivity (Wildman–Crippen MR) is 90.5 cm³/mol. The lowest BCUT2D eigenvalue weighted by Crippen LogP contribution is -2.30. The van der Waals surface area contributed by atoms with Crippen molar-refractivity contribution in [2.45, 2.75) is 26.7 Å². The Kier molecular flexibility index (Phi) is 6.49. The molecular weight excluding hydrogens is 309 g/mol. The third-order valence-corrected chi connectivity index (χ3v) is 3.85. The first-order valence-electron chi connectivity index (χ1n) is 8.20. The van der Waals surface area contributed by atoms with Gasteiger partial charge in [0.05, 0.1) is 0 Å². The molecule has 1 aromatic heterocycles. The van der Waals surface area contributed by atoms with Crippen molar-refractivity contribution in [2.24, 2.45) is 11.8 Å². The second-order valence-corrected chi connectivity index (χ2v) is 6.33. The number of carbonyl (C=O) groups excluding carboxylic acids is 1. The summed E-state index contributed by atoms with van der Waals surface area (Å²) in [4.78, 5) is 12.2. The fourth-order valence-corrected chi connectivity index (χ4v) is 2.74. The lowest BCUT2D eigenvalue weighted by Gasteiger charge is -2.18. The number of nitrogens with one attached hydrogen (secondary N) is 1. The number of aromatic nitrogens is 2. The van der Waals surface area contributed by atoms with E-state index in [0.29, 0.717) is 24.6 Å². The van der Waals surface area contributed by atoms with E-state index in [0.717, 1.165) is 6.42 Å². The molecule has 5 nitrogen and oxygen atoms in total. The molecule has 0 radical (unpaired) electrons. The average Bonchev–Trinajstić information content (AvgIpc) is 3.06. The van der Waals surface area contributed by atoms with Crippen molar-refractivity contribution in [2.75, 3.05) is 13.2 Å². The molecule has 1 heterocycles. The van der Waals surface area contributed by atoms with Gasteiger partial charge < -0.3 is 10.4 Å². The zero-order valence-electron chi connectivity index (χ0n) is 14.1. The third-order valence-electron chi connectivity index (χ3n) is 3.85. The van der Waals surface area contributed by atoms with Crippen LogP contribution >= 0.6 is 0 Å². The number of aliphatic hydroxyl groups is 1. The van der Waals surface area contributed by atoms with Crippen LogP contribution in [0.4, 0.5) is 4.39 Å². The van der Waals surface area contributed by atoms with Crippen molar-refractivity contribution >= 4 is 5.91 Å². The van der Waals surface area contributed by atoms with Gasteiger partial charge in [-0.2, -0.15) is 5.10 Å². The Morgan fingerprint density at radius 2 is 2.21 bits per heavy atom. The van der Waals surface area contributed by atoms with E-state index in [-0.39, 0.29) is 24.0 Å². The Balaban J connectivity index is 2.00. The Hall–Kier alpha value is -2.21. The summed E-state index contributed by atoms with van der Waals surface area (Å²) >= 11 is 0. The second kappa shape index (κ2) is 8.59. The smallest absolute Gasteiger partial charge is 0.251 e. The van der Waals surface area contributed by atoms with Crippen molar-refractivity contribution < 1.29 is 14.3 Å². The van der Waals surface area contributed by atoms with Gasteiger partial charge in [-0.3, -0.25) is 4.79 Å². The number of nitrogens with zero attached hydrogens (tertiary/aromatic N) is 2. The van der Waals surface area contributed by atoms with Crippen LogP contribution in [0, 0.1) is 17.7 Å². The van der Waals surface area contributed by atoms with Crippen LogP contribution in [-0.2, 0) is 0 Å². The molecule has 0 spiro atoms. The number of carbonyl (C=O) groups is 1. The molecule has 0 saturated carbocycles. The fraction of sp³-hybridized carbons (Fsp3) is 0.444. The maximum atomic E-state index is 14.2. The maximum absolute atomic E-state index is 14.2. The average molecular weight is 333 g/mol. The Morgan fingerprint density at radius 1 is 1.42 bits per heavy atom. The van der Waals surface area contributed by atoms with Crippen LogP contribution in [0.25, 0.3) is 5.69 Å². The maximum Gasteiger partial charge on any atom is 0.251 e. The summed E-state index contributed by atoms with van der Waals surface area (Å²) in [7, 11) is 0. The van der Waals surface area contributed by atoms with Crippen LogP contribution in [0.3, 0.4) is 0 Å². The molecule has 0 aliphatic heterocycles. The Morgan fingerprint density at radius 3 is 2.79 bits per heavy atom. The van der Waals surface area contributed by atoms with Gasteiger partial charge in [0.15, 0.2) is 0 Å². The van der Waals surface area contributed by atoms with E-state index in [1.54, 1.807) is 24.5 Å². The zero-order chi connectivity index (χ0) is 17.5. The SMILES string of the molecule is CC(C)CC(CCO)CNC(=O)c1ccc(-n2cccn2)c(F)c1. The highest BCUT2D eigenvalue weighted by Crippen LogP contribution is 2.16. The molecule has 0 aliphatic carbocycles. The van der Waals surface area contributed by atoms with Gasteiger partial charge in [-0.05, 0) is 48.9 Å². The summed E-state index contributed by atoms with van der Waals surface area (Å²) in [6.45, 7) is 4.78. The van der Waals surface area contributed by atoms with Gasteiger partial charge in [0, 0.05) is 31.1 Å². The number of hydrogen-bond donors (Lipinski definition) is 2. The summed E-state index contributed by atoms with van der Waals surface area (Å²) in [6.07, 6.45) is 4.78. The normalized spacial score (nSPS) is 12.4. The van der Waals surface area contributed by atoms with Gasteiger partial charge in [0.25, 0.3) is 5.91 Å². The largest absolute Gasteiger partial charge is 0.396 e. The van der Waals surface area contributed by atoms with E-state index in [4.69, 9.17) is 5.11 Å². The van der Waals surface area contributed by atoms with E-state index in [1.165, 1.54) is 16.8 Å². The van der Waals surface area contributed by atoms with Crippen LogP contribution in [0.5, 0.6) is 0 Å². The molecule has 1 unspecified atom stereocenters. The van der Waals surface area contributed by atoms with Gasteiger partial charge in [-0.25, -0.2) is 9.07 Å². The molecule has 2 aromatic rings. The highest BCUT2D eigenvalue weighted by Gasteiger charge is 2.15. The van der Waals surface area contributed by atoms with E-state index < -0.39 is 5.82 Å². The van der Waals surface area contributed by atoms with E-state index >= 15 is 0 Å². The van der Waals surface area contributed by atoms with Crippen LogP contribution in [0.1, 0.15) is 37.0 Å². The number of benzene rings is 1. The van der Waals surface area contributed by atoms with E-state index in [9.17, 15) is 9.18 Å². The van der Waals surface area contributed by atoms with Crippen LogP contribution in [-0.4, -0.2) is 33.9 Å². The minimum absolute atomic E-state index is 0.0977. The molecule has 2 rings (SSSR count). The van der Waals surface area contributed by atoms with E-state index in [2.05, 4.69) is 24.3 Å². The van der Waals surface area contributed by atoms with Crippen LogP contribution in [0.15, 0.2) is 36.7 Å².